The molecule has 1 saturated heterocycles. The Labute approximate surface area is 166 Å². The van der Waals surface area contributed by atoms with E-state index in [4.69, 9.17) is 9.47 Å². The molecular weight excluding hydrogens is 340 g/mol. The minimum absolute atomic E-state index is 0.00338. The molecule has 0 spiro atoms. The van der Waals surface area contributed by atoms with Gasteiger partial charge in [0.15, 0.2) is 5.96 Å². The molecule has 0 amide bonds. The van der Waals surface area contributed by atoms with Gasteiger partial charge >= 0.3 is 0 Å². The number of rotatable bonds is 10. The van der Waals surface area contributed by atoms with Crippen molar-refractivity contribution in [2.24, 2.45) is 4.99 Å². The summed E-state index contributed by atoms with van der Waals surface area (Å²) >= 11 is 0. The van der Waals surface area contributed by atoms with Crippen molar-refractivity contribution in [3.63, 3.8) is 0 Å². The molecule has 27 heavy (non-hydrogen) atoms. The SMILES string of the molecule is CCCOC1(CNC(=NC)NC2CCN(CCCOC)CC2)CCCCC1. The van der Waals surface area contributed by atoms with Crippen molar-refractivity contribution in [3.05, 3.63) is 0 Å². The lowest BCUT2D eigenvalue weighted by atomic mass is 9.84. The number of likely N-dealkylation sites (tertiary alicyclic amines) is 1. The molecule has 0 aromatic rings. The first kappa shape index (κ1) is 22.4. The average molecular weight is 383 g/mol. The Morgan fingerprint density at radius 2 is 1.89 bits per heavy atom. The van der Waals surface area contributed by atoms with Crippen LogP contribution in [0.3, 0.4) is 0 Å². The van der Waals surface area contributed by atoms with Crippen molar-refractivity contribution in [1.29, 1.82) is 0 Å². The third kappa shape index (κ3) is 7.96. The van der Waals surface area contributed by atoms with E-state index in [2.05, 4.69) is 27.4 Å². The van der Waals surface area contributed by atoms with Crippen LogP contribution in [0.4, 0.5) is 0 Å². The highest BCUT2D eigenvalue weighted by atomic mass is 16.5. The molecule has 0 bridgehead atoms. The zero-order valence-corrected chi connectivity index (χ0v) is 17.9. The van der Waals surface area contributed by atoms with Crippen LogP contribution in [0.2, 0.25) is 0 Å². The van der Waals surface area contributed by atoms with E-state index in [1.54, 1.807) is 7.11 Å². The quantitative estimate of drug-likeness (QED) is 0.346. The van der Waals surface area contributed by atoms with Crippen molar-refractivity contribution in [3.8, 4) is 0 Å². The number of nitrogens with one attached hydrogen (secondary N) is 2. The summed E-state index contributed by atoms with van der Waals surface area (Å²) in [7, 11) is 3.65. The lowest BCUT2D eigenvalue weighted by Crippen LogP contribution is -2.53. The fraction of sp³-hybridized carbons (Fsp3) is 0.952. The summed E-state index contributed by atoms with van der Waals surface area (Å²) in [6.07, 6.45) is 10.8. The first-order chi connectivity index (χ1) is 13.2. The number of aliphatic imine (C=N–C) groups is 1. The van der Waals surface area contributed by atoms with Gasteiger partial charge in [0.2, 0.25) is 0 Å². The molecule has 2 fully saturated rings. The van der Waals surface area contributed by atoms with Gasteiger partial charge < -0.3 is 25.0 Å². The molecule has 1 saturated carbocycles. The van der Waals surface area contributed by atoms with Gasteiger partial charge in [-0.3, -0.25) is 4.99 Å². The molecule has 6 nitrogen and oxygen atoms in total. The van der Waals surface area contributed by atoms with E-state index >= 15 is 0 Å². The summed E-state index contributed by atoms with van der Waals surface area (Å²) in [4.78, 5) is 7.01. The Kier molecular flexibility index (Phi) is 10.5. The highest BCUT2D eigenvalue weighted by Gasteiger charge is 2.33. The predicted molar refractivity (Wildman–Crippen MR) is 113 cm³/mol. The van der Waals surface area contributed by atoms with Crippen LogP contribution >= 0.6 is 0 Å². The van der Waals surface area contributed by atoms with Gasteiger partial charge in [0, 0.05) is 59.6 Å². The maximum atomic E-state index is 6.30. The van der Waals surface area contributed by atoms with Crippen LogP contribution in [0.25, 0.3) is 0 Å². The number of nitrogens with zero attached hydrogens (tertiary/aromatic N) is 2. The van der Waals surface area contributed by atoms with Gasteiger partial charge in [-0.05, 0) is 38.5 Å². The minimum atomic E-state index is -0.00338. The van der Waals surface area contributed by atoms with E-state index in [0.717, 1.165) is 71.0 Å². The largest absolute Gasteiger partial charge is 0.385 e. The number of ether oxygens (including phenoxy) is 2. The van der Waals surface area contributed by atoms with Crippen molar-refractivity contribution < 1.29 is 9.47 Å². The fourth-order valence-corrected chi connectivity index (χ4v) is 4.25. The number of methoxy groups -OCH3 is 1. The molecule has 6 heteroatoms. The second-order valence-corrected chi connectivity index (χ2v) is 8.12. The van der Waals surface area contributed by atoms with Gasteiger partial charge in [-0.25, -0.2) is 0 Å². The molecule has 0 aromatic carbocycles. The van der Waals surface area contributed by atoms with E-state index in [9.17, 15) is 0 Å². The number of hydrogen-bond donors (Lipinski definition) is 2. The van der Waals surface area contributed by atoms with Crippen molar-refractivity contribution >= 4 is 5.96 Å². The molecule has 158 valence electrons. The van der Waals surface area contributed by atoms with Crippen LogP contribution in [0.1, 0.15) is 64.7 Å². The summed E-state index contributed by atoms with van der Waals surface area (Å²) in [6.45, 7) is 8.22. The molecule has 1 heterocycles. The fourth-order valence-electron chi connectivity index (χ4n) is 4.25. The highest BCUT2D eigenvalue weighted by molar-refractivity contribution is 5.80. The topological polar surface area (TPSA) is 58.1 Å². The number of hydrogen-bond acceptors (Lipinski definition) is 4. The molecule has 0 aromatic heterocycles. The molecule has 2 rings (SSSR count). The highest BCUT2D eigenvalue weighted by Crippen LogP contribution is 2.31. The molecule has 1 aliphatic heterocycles. The van der Waals surface area contributed by atoms with Gasteiger partial charge in [-0.2, -0.15) is 0 Å². The lowest BCUT2D eigenvalue weighted by Gasteiger charge is -2.38. The van der Waals surface area contributed by atoms with E-state index < -0.39 is 0 Å². The molecule has 1 aliphatic carbocycles. The van der Waals surface area contributed by atoms with Gasteiger partial charge in [0.25, 0.3) is 0 Å². The Hall–Kier alpha value is -0.850. The normalized spacial score (nSPS) is 22.0. The van der Waals surface area contributed by atoms with E-state index in [0.29, 0.717) is 6.04 Å². The summed E-state index contributed by atoms with van der Waals surface area (Å²) in [6, 6.07) is 0.508. The zero-order valence-electron chi connectivity index (χ0n) is 17.9. The Morgan fingerprint density at radius 1 is 1.15 bits per heavy atom. The Balaban J connectivity index is 1.73. The first-order valence-corrected chi connectivity index (χ1v) is 11.0. The van der Waals surface area contributed by atoms with Crippen molar-refractivity contribution in [1.82, 2.24) is 15.5 Å². The second-order valence-electron chi connectivity index (χ2n) is 8.12. The second kappa shape index (κ2) is 12.6. The van der Waals surface area contributed by atoms with Crippen LogP contribution in [0, 0.1) is 0 Å². The number of guanidine groups is 1. The van der Waals surface area contributed by atoms with Gasteiger partial charge in [0.1, 0.15) is 0 Å². The molecule has 0 atom stereocenters. The zero-order chi connectivity index (χ0) is 19.4. The monoisotopic (exact) mass is 382 g/mol. The smallest absolute Gasteiger partial charge is 0.191 e. The molecule has 0 radical (unpaired) electrons. The maximum absolute atomic E-state index is 6.30. The van der Waals surface area contributed by atoms with E-state index in [1.165, 1.54) is 32.1 Å². The molecule has 2 N–H and O–H groups in total. The van der Waals surface area contributed by atoms with Crippen molar-refractivity contribution in [2.75, 3.05) is 53.6 Å². The van der Waals surface area contributed by atoms with Gasteiger partial charge in [0.05, 0.1) is 5.60 Å². The van der Waals surface area contributed by atoms with Crippen LogP contribution < -0.4 is 10.6 Å². The Morgan fingerprint density at radius 3 is 2.52 bits per heavy atom. The molecular formula is C21H42N4O2. The van der Waals surface area contributed by atoms with E-state index in [1.807, 2.05) is 7.05 Å². The maximum Gasteiger partial charge on any atom is 0.191 e. The lowest BCUT2D eigenvalue weighted by molar-refractivity contribution is -0.0657. The molecule has 0 unspecified atom stereocenters. The van der Waals surface area contributed by atoms with Crippen LogP contribution in [-0.2, 0) is 9.47 Å². The predicted octanol–water partition coefficient (Wildman–Crippen LogP) is 2.78. The standard InChI is InChI=1S/C21H42N4O2/c1-4-16-27-21(11-6-5-7-12-21)18-23-20(22-2)24-19-9-14-25(15-10-19)13-8-17-26-3/h19H,4-18H2,1-3H3,(H2,22,23,24). The summed E-state index contributed by atoms with van der Waals surface area (Å²) in [5, 5.41) is 7.21. The number of piperidine rings is 1. The van der Waals surface area contributed by atoms with Gasteiger partial charge in [-0.15, -0.1) is 0 Å². The van der Waals surface area contributed by atoms with Crippen molar-refractivity contribution in [2.45, 2.75) is 76.4 Å². The third-order valence-electron chi connectivity index (χ3n) is 5.93. The third-order valence-corrected chi connectivity index (χ3v) is 5.93. The van der Waals surface area contributed by atoms with Gasteiger partial charge in [-0.1, -0.05) is 26.2 Å². The van der Waals surface area contributed by atoms with Crippen LogP contribution in [-0.4, -0.2) is 76.1 Å². The summed E-state index contributed by atoms with van der Waals surface area (Å²) in [5.41, 5.74) is -0.00338. The van der Waals surface area contributed by atoms with Crippen LogP contribution in [0.5, 0.6) is 0 Å². The average Bonchev–Trinajstić information content (AvgIpc) is 2.72. The minimum Gasteiger partial charge on any atom is -0.385 e. The molecule has 2 aliphatic rings. The first-order valence-electron chi connectivity index (χ1n) is 11.0. The summed E-state index contributed by atoms with van der Waals surface area (Å²) < 4.78 is 11.5. The van der Waals surface area contributed by atoms with Crippen LogP contribution in [0.15, 0.2) is 4.99 Å². The van der Waals surface area contributed by atoms with E-state index in [-0.39, 0.29) is 5.60 Å². The Bertz CT molecular complexity index is 416. The summed E-state index contributed by atoms with van der Waals surface area (Å²) in [5.74, 6) is 0.929.